The molecule has 2 aromatic carbocycles. The Morgan fingerprint density at radius 3 is 2.63 bits per heavy atom. The van der Waals surface area contributed by atoms with Gasteiger partial charge in [0.25, 0.3) is 5.91 Å². The maximum absolute atomic E-state index is 14.0. The molecule has 5 rings (SSSR count). The number of aromatic nitrogens is 3. The lowest BCUT2D eigenvalue weighted by molar-refractivity contribution is 0.0921. The van der Waals surface area contributed by atoms with E-state index in [1.807, 2.05) is 24.5 Å². The molecule has 0 saturated heterocycles. The number of benzene rings is 2. The van der Waals surface area contributed by atoms with Crippen LogP contribution in [0.2, 0.25) is 0 Å². The van der Waals surface area contributed by atoms with Crippen molar-refractivity contribution >= 4 is 50.5 Å². The zero-order valence-electron chi connectivity index (χ0n) is 20.3. The van der Waals surface area contributed by atoms with E-state index in [9.17, 15) is 17.6 Å². The summed E-state index contributed by atoms with van der Waals surface area (Å²) >= 11 is 2.51. The average Bonchev–Trinajstić information content (AvgIpc) is 3.40. The number of amides is 1. The smallest absolute Gasteiger partial charge is 0.257 e. The molecule has 1 saturated carbocycles. The Kier molecular flexibility index (Phi) is 7.88. The third-order valence-corrected chi connectivity index (χ3v) is 9.06. The minimum atomic E-state index is -3.79. The van der Waals surface area contributed by atoms with Crippen molar-refractivity contribution < 1.29 is 22.3 Å². The molecule has 13 heteroatoms. The van der Waals surface area contributed by atoms with E-state index in [-0.39, 0.29) is 28.4 Å². The van der Waals surface area contributed by atoms with E-state index in [2.05, 4.69) is 23.8 Å². The highest BCUT2D eigenvalue weighted by Gasteiger charge is 2.29. The summed E-state index contributed by atoms with van der Waals surface area (Å²) in [5.41, 5.74) is 0.886. The highest BCUT2D eigenvalue weighted by molar-refractivity contribution is 7.98. The van der Waals surface area contributed by atoms with Crippen LogP contribution in [0.25, 0.3) is 11.0 Å². The quantitative estimate of drug-likeness (QED) is 0.289. The van der Waals surface area contributed by atoms with Gasteiger partial charge in [0.1, 0.15) is 33.1 Å². The van der Waals surface area contributed by atoms with Crippen LogP contribution in [0.4, 0.5) is 4.39 Å². The number of hydrogen-bond acceptors (Lipinski definition) is 9. The van der Waals surface area contributed by atoms with Crippen molar-refractivity contribution in [3.8, 4) is 11.6 Å². The van der Waals surface area contributed by atoms with Gasteiger partial charge in [0, 0.05) is 17.0 Å². The summed E-state index contributed by atoms with van der Waals surface area (Å²) in [4.78, 5) is 18.1. The monoisotopic (exact) mass is 573 g/mol. The highest BCUT2D eigenvalue weighted by Crippen LogP contribution is 2.28. The van der Waals surface area contributed by atoms with Gasteiger partial charge in [0.15, 0.2) is 0 Å². The maximum Gasteiger partial charge on any atom is 0.257 e. The molecule has 1 aliphatic rings. The van der Waals surface area contributed by atoms with Gasteiger partial charge >= 0.3 is 0 Å². The van der Waals surface area contributed by atoms with Crippen LogP contribution in [0, 0.1) is 5.82 Å². The van der Waals surface area contributed by atoms with Crippen molar-refractivity contribution in [1.29, 1.82) is 0 Å². The molecule has 0 atom stereocenters. The number of thioether (sulfide) groups is 1. The fourth-order valence-corrected chi connectivity index (χ4v) is 6.87. The molecule has 1 fully saturated rings. The number of carbonyl (C=O) groups is 1. The van der Waals surface area contributed by atoms with Gasteiger partial charge < -0.3 is 10.1 Å². The molecule has 2 aromatic heterocycles. The number of pyridine rings is 1. The van der Waals surface area contributed by atoms with E-state index < -0.39 is 21.7 Å². The minimum absolute atomic E-state index is 0.00709. The highest BCUT2D eigenvalue weighted by atomic mass is 32.2. The van der Waals surface area contributed by atoms with Crippen LogP contribution >= 0.6 is 23.5 Å². The summed E-state index contributed by atoms with van der Waals surface area (Å²) in [5.74, 6) is -0.653. The molecule has 1 amide bonds. The maximum atomic E-state index is 14.0. The summed E-state index contributed by atoms with van der Waals surface area (Å²) in [6, 6.07) is 12.8. The summed E-state index contributed by atoms with van der Waals surface area (Å²) in [7, 11) is -3.79. The molecule has 2 heterocycles. The van der Waals surface area contributed by atoms with Crippen LogP contribution in [-0.4, -0.2) is 46.4 Å². The van der Waals surface area contributed by atoms with E-state index >= 15 is 0 Å². The predicted octanol–water partition coefficient (Wildman–Crippen LogP) is 4.76. The van der Waals surface area contributed by atoms with E-state index in [0.717, 1.165) is 28.9 Å². The molecule has 9 nitrogen and oxygen atoms in total. The van der Waals surface area contributed by atoms with Gasteiger partial charge in [-0.1, -0.05) is 12.1 Å². The zero-order chi connectivity index (χ0) is 26.7. The fraction of sp³-hybridized carbons (Fsp3) is 0.280. The second-order valence-electron chi connectivity index (χ2n) is 8.82. The number of nitrogens with one attached hydrogen (secondary N) is 2. The molecular weight excluding hydrogens is 550 g/mol. The number of nitrogens with zero attached hydrogens (tertiary/aromatic N) is 3. The molecule has 0 spiro atoms. The summed E-state index contributed by atoms with van der Waals surface area (Å²) in [5, 5.41) is 2.92. The van der Waals surface area contributed by atoms with Crippen LogP contribution in [-0.2, 0) is 10.0 Å². The topological polar surface area (TPSA) is 123 Å². The van der Waals surface area contributed by atoms with Gasteiger partial charge in [0.05, 0.1) is 17.9 Å². The summed E-state index contributed by atoms with van der Waals surface area (Å²) in [6.45, 7) is 0. The molecule has 38 heavy (non-hydrogen) atoms. The Morgan fingerprint density at radius 1 is 1.08 bits per heavy atom. The van der Waals surface area contributed by atoms with E-state index in [4.69, 9.17) is 4.74 Å². The van der Waals surface area contributed by atoms with Crippen LogP contribution in [0.1, 0.15) is 36.0 Å². The molecule has 0 radical (unpaired) electrons. The number of carbonyl (C=O) groups excluding carboxylic acids is 1. The molecule has 198 valence electrons. The Labute approximate surface area is 227 Å². The van der Waals surface area contributed by atoms with Gasteiger partial charge in [-0.15, -0.1) is 11.8 Å². The molecule has 0 bridgehead atoms. The van der Waals surface area contributed by atoms with Crippen molar-refractivity contribution in [3.63, 3.8) is 0 Å². The predicted molar refractivity (Wildman–Crippen MR) is 144 cm³/mol. The number of sulfonamides is 1. The molecule has 1 aliphatic carbocycles. The Hall–Kier alpha value is -3.13. The minimum Gasteiger partial charge on any atom is -0.438 e. The van der Waals surface area contributed by atoms with Crippen molar-refractivity contribution in [2.75, 3.05) is 6.26 Å². The number of ether oxygens (including phenoxy) is 1. The molecule has 0 aliphatic heterocycles. The normalized spacial score (nSPS) is 17.8. The zero-order valence-corrected chi connectivity index (χ0v) is 22.7. The molecule has 2 N–H and O–H groups in total. The third kappa shape index (κ3) is 5.96. The molecule has 4 aromatic rings. The van der Waals surface area contributed by atoms with Crippen molar-refractivity contribution in [3.05, 3.63) is 66.1 Å². The van der Waals surface area contributed by atoms with Gasteiger partial charge in [-0.05, 0) is 68.3 Å². The Bertz CT molecular complexity index is 1570. The van der Waals surface area contributed by atoms with Crippen molar-refractivity contribution in [2.24, 2.45) is 0 Å². The van der Waals surface area contributed by atoms with Crippen LogP contribution < -0.4 is 14.8 Å². The van der Waals surface area contributed by atoms with Crippen LogP contribution in [0.15, 0.2) is 64.5 Å². The first-order valence-electron chi connectivity index (χ1n) is 11.8. The number of hydrogen-bond donors (Lipinski definition) is 2. The SMILES string of the molecule is CSc1cccc(Oc2ncc(F)cc2C(=O)NC2CCC(NS(=O)(=O)c3cccc4nsnc34)CC2)c1. The average molecular weight is 574 g/mol. The summed E-state index contributed by atoms with van der Waals surface area (Å²) in [6.07, 6.45) is 5.10. The van der Waals surface area contributed by atoms with E-state index in [0.29, 0.717) is 42.5 Å². The van der Waals surface area contributed by atoms with E-state index in [1.54, 1.807) is 30.0 Å². The van der Waals surface area contributed by atoms with E-state index in [1.165, 1.54) is 6.07 Å². The third-order valence-electron chi connectivity index (χ3n) is 6.24. The van der Waals surface area contributed by atoms with Crippen molar-refractivity contribution in [1.82, 2.24) is 23.8 Å². The largest absolute Gasteiger partial charge is 0.438 e. The molecule has 0 unspecified atom stereocenters. The molecular formula is C25H24FN5O4S3. The first-order valence-corrected chi connectivity index (χ1v) is 15.3. The Morgan fingerprint density at radius 2 is 1.84 bits per heavy atom. The van der Waals surface area contributed by atoms with Crippen LogP contribution in [0.3, 0.4) is 0 Å². The van der Waals surface area contributed by atoms with Gasteiger partial charge in [0.2, 0.25) is 15.9 Å². The first-order chi connectivity index (χ1) is 18.3. The van der Waals surface area contributed by atoms with Gasteiger partial charge in [-0.2, -0.15) is 8.75 Å². The summed E-state index contributed by atoms with van der Waals surface area (Å²) < 4.78 is 56.8. The Balaban J connectivity index is 1.22. The lowest BCUT2D eigenvalue weighted by Crippen LogP contribution is -2.43. The lowest BCUT2D eigenvalue weighted by Gasteiger charge is -2.29. The van der Waals surface area contributed by atoms with Crippen molar-refractivity contribution in [2.45, 2.75) is 47.6 Å². The van der Waals surface area contributed by atoms with Gasteiger partial charge in [-0.3, -0.25) is 4.79 Å². The van der Waals surface area contributed by atoms with Gasteiger partial charge in [-0.25, -0.2) is 22.5 Å². The number of halogens is 1. The fourth-order valence-electron chi connectivity index (χ4n) is 4.35. The first kappa shape index (κ1) is 26.5. The standard InChI is InChI=1S/C25H24FN5O4S3/c1-36-19-5-2-4-18(13-19)35-25-20(12-15(26)14-27-25)24(32)28-16-8-10-17(11-9-16)31-38(33,34)22-7-3-6-21-23(22)30-37-29-21/h2-7,12-14,16-17,31H,8-11H2,1H3,(H,28,32). The van der Waals surface area contributed by atoms with Crippen LogP contribution in [0.5, 0.6) is 11.6 Å². The lowest BCUT2D eigenvalue weighted by atomic mass is 9.91. The second-order valence-corrected chi connectivity index (χ2v) is 11.9. The number of fused-ring (bicyclic) bond motifs is 1. The number of rotatable bonds is 8. The second kappa shape index (κ2) is 11.3.